The highest BCUT2D eigenvalue weighted by Gasteiger charge is 2.30. The van der Waals surface area contributed by atoms with Crippen LogP contribution in [0.15, 0.2) is 12.3 Å². The highest BCUT2D eigenvalue weighted by molar-refractivity contribution is 7.92. The summed E-state index contributed by atoms with van der Waals surface area (Å²) in [5.74, 6) is 4.97. The van der Waals surface area contributed by atoms with Gasteiger partial charge >= 0.3 is 0 Å². The maximum atomic E-state index is 11.9. The molecule has 1 aromatic heterocycles. The van der Waals surface area contributed by atoms with Crippen LogP contribution in [-0.4, -0.2) is 36.9 Å². The lowest BCUT2D eigenvalue weighted by Crippen LogP contribution is -2.43. The molecule has 112 valence electrons. The third-order valence-electron chi connectivity index (χ3n) is 2.92. The number of nitrogens with one attached hydrogen (secondary N) is 2. The van der Waals surface area contributed by atoms with E-state index < -0.39 is 20.5 Å². The number of carbonyl (C=O) groups excluding carboxylic acids is 1. The maximum Gasteiger partial charge on any atom is 0.252 e. The van der Waals surface area contributed by atoms with E-state index in [2.05, 4.69) is 15.7 Å². The van der Waals surface area contributed by atoms with Gasteiger partial charge in [-0.05, 0) is 19.9 Å². The van der Waals surface area contributed by atoms with Gasteiger partial charge in [0.25, 0.3) is 5.91 Å². The summed E-state index contributed by atoms with van der Waals surface area (Å²) in [7, 11) is -3.28. The zero-order valence-electron chi connectivity index (χ0n) is 11.4. The van der Waals surface area contributed by atoms with E-state index in [0.29, 0.717) is 0 Å². The Morgan fingerprint density at radius 2 is 2.10 bits per heavy atom. The van der Waals surface area contributed by atoms with Crippen molar-refractivity contribution in [3.05, 3.63) is 22.8 Å². The Balaban J connectivity index is 2.81. The van der Waals surface area contributed by atoms with Crippen molar-refractivity contribution < 1.29 is 13.2 Å². The number of halogens is 1. The van der Waals surface area contributed by atoms with E-state index in [-0.39, 0.29) is 22.9 Å². The fourth-order valence-corrected chi connectivity index (χ4v) is 1.75. The highest BCUT2D eigenvalue weighted by atomic mass is 35.5. The molecule has 0 atom stereocenters. The number of nitrogens with zero attached hydrogens (tertiary/aromatic N) is 1. The first kappa shape index (κ1) is 16.7. The van der Waals surface area contributed by atoms with Crippen molar-refractivity contribution in [2.75, 3.05) is 18.2 Å². The van der Waals surface area contributed by atoms with Crippen LogP contribution in [-0.2, 0) is 9.84 Å². The number of nitrogens with two attached hydrogens (primary N) is 1. The van der Waals surface area contributed by atoms with Gasteiger partial charge in [-0.2, -0.15) is 0 Å². The summed E-state index contributed by atoms with van der Waals surface area (Å²) in [5, 5.41) is 2.74. The van der Waals surface area contributed by atoms with Gasteiger partial charge in [-0.3, -0.25) is 4.79 Å². The Hall–Kier alpha value is -1.38. The average molecular weight is 321 g/mol. The molecule has 4 N–H and O–H groups in total. The van der Waals surface area contributed by atoms with Crippen LogP contribution in [0.5, 0.6) is 0 Å². The Labute approximate surface area is 122 Å². The normalized spacial score (nSPS) is 12.1. The van der Waals surface area contributed by atoms with Gasteiger partial charge in [0.2, 0.25) is 0 Å². The quantitative estimate of drug-likeness (QED) is 0.540. The van der Waals surface area contributed by atoms with Crippen molar-refractivity contribution in [2.45, 2.75) is 18.6 Å². The summed E-state index contributed by atoms with van der Waals surface area (Å²) in [6.07, 6.45) is 2.42. The van der Waals surface area contributed by atoms with Gasteiger partial charge < -0.3 is 10.7 Å². The van der Waals surface area contributed by atoms with Crippen molar-refractivity contribution in [1.82, 2.24) is 10.3 Å². The number of amides is 1. The minimum Gasteiger partial charge on any atom is -0.350 e. The lowest BCUT2D eigenvalue weighted by atomic mass is 10.2. The predicted molar refractivity (Wildman–Crippen MR) is 78.3 cm³/mol. The molecule has 1 aromatic rings. The van der Waals surface area contributed by atoms with E-state index >= 15 is 0 Å². The first-order chi connectivity index (χ1) is 9.08. The Bertz CT molecular complexity index is 616. The molecule has 7 nitrogen and oxygen atoms in total. The number of sulfone groups is 1. The summed E-state index contributed by atoms with van der Waals surface area (Å²) in [5.41, 5.74) is 2.50. The van der Waals surface area contributed by atoms with Crippen LogP contribution in [0.4, 0.5) is 5.82 Å². The molecule has 1 heterocycles. The molecular weight excluding hydrogens is 304 g/mol. The second kappa shape index (κ2) is 5.94. The Morgan fingerprint density at radius 1 is 1.50 bits per heavy atom. The maximum absolute atomic E-state index is 11.9. The summed E-state index contributed by atoms with van der Waals surface area (Å²) in [4.78, 5) is 15.8. The summed E-state index contributed by atoms with van der Waals surface area (Å²) < 4.78 is 22.0. The number of aromatic nitrogens is 1. The lowest BCUT2D eigenvalue weighted by Gasteiger charge is -2.22. The van der Waals surface area contributed by atoms with Gasteiger partial charge in [-0.15, -0.1) is 0 Å². The molecule has 0 aliphatic carbocycles. The zero-order valence-corrected chi connectivity index (χ0v) is 13.0. The van der Waals surface area contributed by atoms with Crippen molar-refractivity contribution in [3.8, 4) is 0 Å². The second-order valence-corrected chi connectivity index (χ2v) is 7.97. The van der Waals surface area contributed by atoms with Gasteiger partial charge in [0.1, 0.15) is 0 Å². The molecule has 0 saturated heterocycles. The third-order valence-corrected chi connectivity index (χ3v) is 5.36. The molecule has 0 radical (unpaired) electrons. The number of hydrogen-bond donors (Lipinski definition) is 3. The van der Waals surface area contributed by atoms with Crippen LogP contribution in [0, 0.1) is 0 Å². The monoisotopic (exact) mass is 320 g/mol. The van der Waals surface area contributed by atoms with E-state index in [0.717, 1.165) is 6.26 Å². The van der Waals surface area contributed by atoms with Crippen LogP contribution < -0.4 is 16.6 Å². The largest absolute Gasteiger partial charge is 0.350 e. The molecule has 0 bridgehead atoms. The average Bonchev–Trinajstić information content (AvgIpc) is 2.34. The van der Waals surface area contributed by atoms with E-state index in [4.69, 9.17) is 17.4 Å². The SMILES string of the molecule is CC(C)(CNC(=O)c1cnc(NN)c(Cl)c1)S(C)(=O)=O. The molecule has 9 heteroatoms. The van der Waals surface area contributed by atoms with E-state index in [1.54, 1.807) is 0 Å². The molecule has 0 unspecified atom stereocenters. The second-order valence-electron chi connectivity index (χ2n) is 4.91. The van der Waals surface area contributed by atoms with E-state index in [1.165, 1.54) is 26.1 Å². The molecule has 0 spiro atoms. The first-order valence-corrected chi connectivity index (χ1v) is 7.95. The minimum atomic E-state index is -3.28. The molecule has 0 aliphatic heterocycles. The van der Waals surface area contributed by atoms with Crippen molar-refractivity contribution in [1.29, 1.82) is 0 Å². The summed E-state index contributed by atoms with van der Waals surface area (Å²) >= 11 is 5.86. The molecule has 0 aliphatic rings. The summed E-state index contributed by atoms with van der Waals surface area (Å²) in [6.45, 7) is 3.06. The Morgan fingerprint density at radius 3 is 2.55 bits per heavy atom. The molecule has 20 heavy (non-hydrogen) atoms. The van der Waals surface area contributed by atoms with Gasteiger partial charge in [-0.1, -0.05) is 11.6 Å². The number of hydrazine groups is 1. The summed E-state index contributed by atoms with van der Waals surface area (Å²) in [6, 6.07) is 1.40. The van der Waals surface area contributed by atoms with E-state index in [1.807, 2.05) is 0 Å². The van der Waals surface area contributed by atoms with Crippen molar-refractivity contribution >= 4 is 33.2 Å². The van der Waals surface area contributed by atoms with Crippen LogP contribution in [0.25, 0.3) is 0 Å². The van der Waals surface area contributed by atoms with E-state index in [9.17, 15) is 13.2 Å². The standard InChI is InChI=1S/C11H17ClN4O3S/c1-11(2,20(3,18)19)6-15-10(17)7-4-8(12)9(16-13)14-5-7/h4-5H,6,13H2,1-3H3,(H,14,16)(H,15,17). The lowest BCUT2D eigenvalue weighted by molar-refractivity contribution is 0.0950. The van der Waals surface area contributed by atoms with Gasteiger partial charge in [0.15, 0.2) is 15.7 Å². The molecule has 0 fully saturated rings. The van der Waals surface area contributed by atoms with Crippen molar-refractivity contribution in [3.63, 3.8) is 0 Å². The van der Waals surface area contributed by atoms with Crippen LogP contribution >= 0.6 is 11.6 Å². The number of hydrogen-bond acceptors (Lipinski definition) is 6. The number of nitrogen functional groups attached to an aromatic ring is 1. The first-order valence-electron chi connectivity index (χ1n) is 5.68. The molecular formula is C11H17ClN4O3S. The fraction of sp³-hybridized carbons (Fsp3) is 0.455. The van der Waals surface area contributed by atoms with Crippen molar-refractivity contribution in [2.24, 2.45) is 5.84 Å². The van der Waals surface area contributed by atoms with Crippen LogP contribution in [0.1, 0.15) is 24.2 Å². The van der Waals surface area contributed by atoms with Crippen LogP contribution in [0.3, 0.4) is 0 Å². The minimum absolute atomic E-state index is 0.0147. The number of pyridine rings is 1. The number of carbonyl (C=O) groups is 1. The van der Waals surface area contributed by atoms with Gasteiger partial charge in [0, 0.05) is 19.0 Å². The third kappa shape index (κ3) is 3.81. The van der Waals surface area contributed by atoms with Crippen LogP contribution in [0.2, 0.25) is 5.02 Å². The smallest absolute Gasteiger partial charge is 0.252 e. The number of rotatable bonds is 5. The Kier molecular flexibility index (Phi) is 4.95. The molecule has 0 saturated carbocycles. The predicted octanol–water partition coefficient (Wildman–Crippen LogP) is 0.574. The molecule has 1 rings (SSSR count). The van der Waals surface area contributed by atoms with Gasteiger partial charge in [0.05, 0.1) is 15.3 Å². The fourth-order valence-electron chi connectivity index (χ4n) is 1.19. The zero-order chi connectivity index (χ0) is 15.6. The molecule has 1 amide bonds. The molecule has 0 aromatic carbocycles. The number of anilines is 1. The topological polar surface area (TPSA) is 114 Å². The highest BCUT2D eigenvalue weighted by Crippen LogP contribution is 2.19. The van der Waals surface area contributed by atoms with Gasteiger partial charge in [-0.25, -0.2) is 19.2 Å².